The lowest BCUT2D eigenvalue weighted by Crippen LogP contribution is -2.28. The maximum atomic E-state index is 12.1. The molecule has 138 valence electrons. The Morgan fingerprint density at radius 1 is 1.16 bits per heavy atom. The summed E-state index contributed by atoms with van der Waals surface area (Å²) >= 11 is 1.24. The Bertz CT molecular complexity index is 848. The molecule has 2 rings (SSSR count). The first-order valence-electron chi connectivity index (χ1n) is 7.48. The van der Waals surface area contributed by atoms with E-state index in [1.54, 1.807) is 12.1 Å². The minimum Gasteiger partial charge on any atom is -0.370 e. The lowest BCUT2D eigenvalue weighted by Gasteiger charge is -2.08. The summed E-state index contributed by atoms with van der Waals surface area (Å²) in [5.74, 6) is 0.254. The molecule has 0 unspecified atom stereocenters. The van der Waals surface area contributed by atoms with Crippen molar-refractivity contribution in [2.45, 2.75) is 25.0 Å². The number of nitrogens with two attached hydrogens (primary N) is 1. The van der Waals surface area contributed by atoms with E-state index >= 15 is 0 Å². The quantitative estimate of drug-likeness (QED) is 0.249. The first kappa shape index (κ1) is 21.9. The molecule has 9 heteroatoms. The van der Waals surface area contributed by atoms with Gasteiger partial charge in [-0.05, 0) is 56.2 Å². The lowest BCUT2D eigenvalue weighted by molar-refractivity contribution is 0.584. The van der Waals surface area contributed by atoms with Crippen molar-refractivity contribution in [2.75, 3.05) is 18.4 Å². The molecule has 25 heavy (non-hydrogen) atoms. The fourth-order valence-corrected chi connectivity index (χ4v) is 4.34. The van der Waals surface area contributed by atoms with Crippen molar-refractivity contribution >= 4 is 57.0 Å². The average Bonchev–Trinajstić information content (AvgIpc) is 2.95. The predicted octanol–water partition coefficient (Wildman–Crippen LogP) is 3.00. The van der Waals surface area contributed by atoms with E-state index in [4.69, 9.17) is 5.73 Å². The number of hydrogen-bond acceptors (Lipinski definition) is 4. The Balaban J connectivity index is 0.00000312. The Morgan fingerprint density at radius 3 is 2.48 bits per heavy atom. The van der Waals surface area contributed by atoms with Crippen LogP contribution >= 0.6 is 35.3 Å². The molecule has 4 N–H and O–H groups in total. The van der Waals surface area contributed by atoms with E-state index in [2.05, 4.69) is 15.0 Å². The van der Waals surface area contributed by atoms with E-state index in [1.165, 1.54) is 16.9 Å². The molecular formula is C16H23IN4O2S2. The first-order chi connectivity index (χ1) is 11.3. The minimum atomic E-state index is -3.47. The lowest BCUT2D eigenvalue weighted by atomic mass is 10.1. The van der Waals surface area contributed by atoms with Gasteiger partial charge in [-0.2, -0.15) is 0 Å². The molecule has 0 aliphatic carbocycles. The topological polar surface area (TPSA) is 96.6 Å². The number of guanidine groups is 1. The number of aryl methyl sites for hydroxylation is 3. The van der Waals surface area contributed by atoms with Gasteiger partial charge >= 0.3 is 0 Å². The van der Waals surface area contributed by atoms with Crippen LogP contribution in [0.15, 0.2) is 39.5 Å². The molecule has 6 nitrogen and oxygen atoms in total. The van der Waals surface area contributed by atoms with Gasteiger partial charge in [0.05, 0.1) is 6.54 Å². The van der Waals surface area contributed by atoms with Crippen molar-refractivity contribution < 1.29 is 8.42 Å². The second kappa shape index (κ2) is 9.51. The number of thiophene rings is 1. The van der Waals surface area contributed by atoms with Crippen LogP contribution in [0.5, 0.6) is 0 Å². The predicted molar refractivity (Wildman–Crippen MR) is 116 cm³/mol. The maximum absolute atomic E-state index is 12.1. The van der Waals surface area contributed by atoms with E-state index in [-0.39, 0.29) is 43.0 Å². The summed E-state index contributed by atoms with van der Waals surface area (Å²) in [5, 5.41) is 3.00. The summed E-state index contributed by atoms with van der Waals surface area (Å²) in [4.78, 5) is 5.09. The standard InChI is InChI=1S/C16H22N4O2S2.HI/c1-11-4-6-14(10-12(11)2)20-16(17)18-8-9-19-24(21,22)15-7-5-13(3)23-15;/h4-7,10,19H,8-9H2,1-3H3,(H3,17,18,20);1H. The number of nitrogens with one attached hydrogen (secondary N) is 2. The van der Waals surface area contributed by atoms with Crippen molar-refractivity contribution in [3.63, 3.8) is 0 Å². The van der Waals surface area contributed by atoms with Crippen molar-refractivity contribution in [3.05, 3.63) is 46.3 Å². The van der Waals surface area contributed by atoms with Crippen LogP contribution in [-0.4, -0.2) is 27.5 Å². The molecule has 1 heterocycles. The second-order valence-electron chi connectivity index (χ2n) is 5.45. The van der Waals surface area contributed by atoms with Crippen LogP contribution in [0, 0.1) is 20.8 Å². The molecule has 0 aliphatic heterocycles. The molecule has 0 saturated carbocycles. The minimum absolute atomic E-state index is 0. The maximum Gasteiger partial charge on any atom is 0.250 e. The number of nitrogens with zero attached hydrogens (tertiary/aromatic N) is 1. The van der Waals surface area contributed by atoms with E-state index < -0.39 is 10.0 Å². The normalized spacial score (nSPS) is 11.9. The fraction of sp³-hybridized carbons (Fsp3) is 0.312. The largest absolute Gasteiger partial charge is 0.370 e. The number of sulfonamides is 1. The summed E-state index contributed by atoms with van der Waals surface area (Å²) in [7, 11) is -3.47. The van der Waals surface area contributed by atoms with Gasteiger partial charge in [0.15, 0.2) is 5.96 Å². The van der Waals surface area contributed by atoms with Crippen molar-refractivity contribution in [2.24, 2.45) is 10.7 Å². The fourth-order valence-electron chi connectivity index (χ4n) is 1.99. The highest BCUT2D eigenvalue weighted by atomic mass is 127. The van der Waals surface area contributed by atoms with Gasteiger partial charge in [0, 0.05) is 17.1 Å². The Labute approximate surface area is 170 Å². The van der Waals surface area contributed by atoms with Crippen LogP contribution in [0.2, 0.25) is 0 Å². The van der Waals surface area contributed by atoms with Gasteiger partial charge in [-0.15, -0.1) is 35.3 Å². The molecule has 0 spiro atoms. The summed E-state index contributed by atoms with van der Waals surface area (Å²) in [5.41, 5.74) is 9.04. The van der Waals surface area contributed by atoms with Crippen molar-refractivity contribution in [1.29, 1.82) is 0 Å². The number of rotatable bonds is 6. The van der Waals surface area contributed by atoms with Crippen LogP contribution in [0.25, 0.3) is 0 Å². The zero-order valence-electron chi connectivity index (χ0n) is 14.4. The summed E-state index contributed by atoms with van der Waals surface area (Å²) in [6.45, 7) is 6.38. The van der Waals surface area contributed by atoms with Crippen LogP contribution in [0.3, 0.4) is 0 Å². The smallest absolute Gasteiger partial charge is 0.250 e. The molecule has 0 radical (unpaired) electrons. The van der Waals surface area contributed by atoms with Gasteiger partial charge in [-0.25, -0.2) is 13.1 Å². The zero-order chi connectivity index (χ0) is 17.7. The number of benzene rings is 1. The first-order valence-corrected chi connectivity index (χ1v) is 9.78. The number of anilines is 1. The Hall–Kier alpha value is -1.17. The number of aliphatic imine (C=N–C) groups is 1. The third-order valence-electron chi connectivity index (χ3n) is 3.45. The molecule has 0 saturated heterocycles. The van der Waals surface area contributed by atoms with Gasteiger partial charge in [0.25, 0.3) is 0 Å². The van der Waals surface area contributed by atoms with Crippen LogP contribution in [-0.2, 0) is 10.0 Å². The Morgan fingerprint density at radius 2 is 1.88 bits per heavy atom. The molecule has 0 atom stereocenters. The SMILES string of the molecule is Cc1ccc(S(=O)(=O)NCCN=C(N)Nc2ccc(C)c(C)c2)s1.I. The van der Waals surface area contributed by atoms with Gasteiger partial charge in [-0.1, -0.05) is 6.07 Å². The zero-order valence-corrected chi connectivity index (χ0v) is 18.3. The van der Waals surface area contributed by atoms with Gasteiger partial charge in [0.2, 0.25) is 10.0 Å². The van der Waals surface area contributed by atoms with Gasteiger partial charge in [-0.3, -0.25) is 4.99 Å². The average molecular weight is 494 g/mol. The van der Waals surface area contributed by atoms with Crippen LogP contribution in [0.1, 0.15) is 16.0 Å². The second-order valence-corrected chi connectivity index (χ2v) is 8.74. The molecule has 2 aromatic rings. The number of hydrogen-bond donors (Lipinski definition) is 3. The highest BCUT2D eigenvalue weighted by molar-refractivity contribution is 14.0. The van der Waals surface area contributed by atoms with E-state index in [1.807, 2.05) is 39.0 Å². The molecule has 1 aromatic carbocycles. The Kier molecular flexibility index (Phi) is 8.32. The summed E-state index contributed by atoms with van der Waals surface area (Å²) < 4.78 is 26.9. The van der Waals surface area contributed by atoms with E-state index in [9.17, 15) is 8.42 Å². The van der Waals surface area contributed by atoms with Crippen molar-refractivity contribution in [1.82, 2.24) is 4.72 Å². The molecule has 0 amide bonds. The molecule has 1 aromatic heterocycles. The summed E-state index contributed by atoms with van der Waals surface area (Å²) in [6.07, 6.45) is 0. The molecular weight excluding hydrogens is 471 g/mol. The van der Waals surface area contributed by atoms with E-state index in [0.29, 0.717) is 4.21 Å². The molecule has 0 fully saturated rings. The number of halogens is 1. The van der Waals surface area contributed by atoms with Crippen LogP contribution < -0.4 is 15.8 Å². The third-order valence-corrected chi connectivity index (χ3v) is 6.40. The van der Waals surface area contributed by atoms with Gasteiger partial charge in [0.1, 0.15) is 4.21 Å². The molecule has 0 bridgehead atoms. The van der Waals surface area contributed by atoms with Crippen LogP contribution in [0.4, 0.5) is 5.69 Å². The van der Waals surface area contributed by atoms with E-state index in [0.717, 1.165) is 16.1 Å². The van der Waals surface area contributed by atoms with Gasteiger partial charge < -0.3 is 11.1 Å². The monoisotopic (exact) mass is 494 g/mol. The van der Waals surface area contributed by atoms with Crippen molar-refractivity contribution in [3.8, 4) is 0 Å². The summed E-state index contributed by atoms with van der Waals surface area (Å²) in [6, 6.07) is 9.29. The highest BCUT2D eigenvalue weighted by Crippen LogP contribution is 2.20. The highest BCUT2D eigenvalue weighted by Gasteiger charge is 2.14. The third kappa shape index (κ3) is 6.57. The molecule has 0 aliphatic rings.